The fraction of sp³-hybridized carbons (Fsp3) is 0.333. The van der Waals surface area contributed by atoms with E-state index in [4.69, 9.17) is 22.3 Å². The van der Waals surface area contributed by atoms with Crippen LogP contribution in [0.4, 0.5) is 5.82 Å². The number of aromatic nitrogens is 6. The number of hydrogen-bond donors (Lipinski definition) is 3. The van der Waals surface area contributed by atoms with E-state index in [2.05, 4.69) is 47.1 Å². The van der Waals surface area contributed by atoms with E-state index < -0.39 is 6.10 Å². The Morgan fingerprint density at radius 2 is 1.88 bits per heavy atom. The van der Waals surface area contributed by atoms with E-state index >= 15 is 0 Å². The Bertz CT molecular complexity index is 1700. The third-order valence-corrected chi connectivity index (χ3v) is 9.40. The molecule has 2 fully saturated rings. The zero-order valence-electron chi connectivity index (χ0n) is 22.5. The normalized spacial score (nSPS) is 20.0. The summed E-state index contributed by atoms with van der Waals surface area (Å²) >= 11 is 7.87. The largest absolute Gasteiger partial charge is 0.391 e. The average Bonchev–Trinajstić information content (AvgIpc) is 3.77. The number of fused-ring (bicyclic) bond motifs is 1. The smallest absolute Gasteiger partial charge is 0.226 e. The number of rotatable bonds is 6. The minimum Gasteiger partial charge on any atom is -0.391 e. The van der Waals surface area contributed by atoms with Crippen molar-refractivity contribution >= 4 is 39.8 Å². The summed E-state index contributed by atoms with van der Waals surface area (Å²) in [5.41, 5.74) is 14.1. The van der Waals surface area contributed by atoms with E-state index in [9.17, 15) is 5.11 Å². The molecule has 4 aromatic heterocycles. The highest BCUT2D eigenvalue weighted by atomic mass is 35.5. The first kappa shape index (κ1) is 26.3. The second kappa shape index (κ2) is 11.0. The second-order valence-electron chi connectivity index (χ2n) is 10.9. The molecule has 0 unspecified atom stereocenters. The van der Waals surface area contributed by atoms with E-state index in [0.29, 0.717) is 17.9 Å². The maximum absolute atomic E-state index is 11.3. The molecule has 0 radical (unpaired) electrons. The number of anilines is 1. The number of H-pyrrole nitrogens is 1. The molecule has 1 aliphatic carbocycles. The SMILES string of the molecule is Nc1nc(Cl)nc2c1c(-c1nc(Cc3ccccc3)cs1)cn2[C@@H]1CC(=C2CCN(Cc3ccn[nH]3)CC2)C[C@H]1O. The zero-order valence-corrected chi connectivity index (χ0v) is 24.1. The molecule has 5 heterocycles. The van der Waals surface area contributed by atoms with Crippen molar-refractivity contribution in [3.05, 3.63) is 87.6 Å². The molecular weight excluding hydrogens is 556 g/mol. The molecule has 1 saturated carbocycles. The van der Waals surface area contributed by atoms with Crippen LogP contribution in [0.2, 0.25) is 5.28 Å². The van der Waals surface area contributed by atoms with Gasteiger partial charge in [-0.3, -0.25) is 10.00 Å². The van der Waals surface area contributed by atoms with Crippen LogP contribution < -0.4 is 5.73 Å². The van der Waals surface area contributed by atoms with Gasteiger partial charge in [-0.05, 0) is 48.9 Å². The number of aliphatic hydroxyl groups is 1. The standard InChI is InChI=1S/C30H31ClN8OS/c31-30-35-27(32)26-23(29-34-22(17-41-29)12-18-4-2-1-3-5-18)16-39(28(26)36-30)24-13-20(14-25(24)40)19-7-10-38(11-8-19)15-21-6-9-33-37-21/h1-6,9,16-17,24-25,40H,7-8,10-15H2,(H,33,37)(H2,32,35,36)/t24-,25-/m1/s1. The summed E-state index contributed by atoms with van der Waals surface area (Å²) in [4.78, 5) is 16.2. The van der Waals surface area contributed by atoms with Crippen LogP contribution in [0, 0.1) is 0 Å². The molecular formula is C30H31ClN8OS. The zero-order chi connectivity index (χ0) is 27.9. The van der Waals surface area contributed by atoms with Crippen molar-refractivity contribution in [1.82, 2.24) is 34.6 Å². The van der Waals surface area contributed by atoms with Gasteiger partial charge in [0, 0.05) is 55.1 Å². The number of piperidine rings is 1. The predicted octanol–water partition coefficient (Wildman–Crippen LogP) is 5.39. The van der Waals surface area contributed by atoms with Crippen LogP contribution >= 0.6 is 22.9 Å². The van der Waals surface area contributed by atoms with Gasteiger partial charge in [-0.1, -0.05) is 41.5 Å². The number of halogens is 1. The van der Waals surface area contributed by atoms with Crippen LogP contribution in [0.25, 0.3) is 21.6 Å². The fourth-order valence-electron chi connectivity index (χ4n) is 6.26. The van der Waals surface area contributed by atoms with E-state index in [1.165, 1.54) is 16.7 Å². The lowest BCUT2D eigenvalue weighted by atomic mass is 9.96. The number of aliphatic hydroxyl groups excluding tert-OH is 1. The number of aromatic amines is 1. The van der Waals surface area contributed by atoms with Crippen molar-refractivity contribution in [2.45, 2.75) is 50.8 Å². The quantitative estimate of drug-likeness (QED) is 0.180. The van der Waals surface area contributed by atoms with Gasteiger partial charge in [0.05, 0.1) is 23.2 Å². The van der Waals surface area contributed by atoms with Crippen LogP contribution in [0.15, 0.2) is 65.3 Å². The van der Waals surface area contributed by atoms with E-state index in [0.717, 1.165) is 72.7 Å². The van der Waals surface area contributed by atoms with Gasteiger partial charge in [-0.15, -0.1) is 11.3 Å². The number of hydrogen-bond acceptors (Lipinski definition) is 8. The van der Waals surface area contributed by atoms with Crippen LogP contribution in [0.3, 0.4) is 0 Å². The lowest BCUT2D eigenvalue weighted by molar-refractivity contribution is 0.139. The number of nitrogens with two attached hydrogens (primary N) is 1. The van der Waals surface area contributed by atoms with Crippen molar-refractivity contribution in [3.8, 4) is 10.6 Å². The van der Waals surface area contributed by atoms with Crippen molar-refractivity contribution in [3.63, 3.8) is 0 Å². The Balaban J connectivity index is 1.16. The molecule has 5 aromatic rings. The van der Waals surface area contributed by atoms with Gasteiger partial charge in [0.15, 0.2) is 0 Å². The number of likely N-dealkylation sites (tertiary alicyclic amines) is 1. The van der Waals surface area contributed by atoms with Gasteiger partial charge in [0.1, 0.15) is 16.5 Å². The summed E-state index contributed by atoms with van der Waals surface area (Å²) in [5, 5.41) is 22.2. The van der Waals surface area contributed by atoms with Crippen molar-refractivity contribution < 1.29 is 5.11 Å². The Labute approximate surface area is 246 Å². The summed E-state index contributed by atoms with van der Waals surface area (Å²) in [6, 6.07) is 12.2. The highest BCUT2D eigenvalue weighted by molar-refractivity contribution is 7.13. The maximum Gasteiger partial charge on any atom is 0.226 e. The number of nitrogen functional groups attached to an aromatic ring is 1. The third kappa shape index (κ3) is 5.28. The van der Waals surface area contributed by atoms with Crippen molar-refractivity contribution in [2.75, 3.05) is 18.8 Å². The Hall–Kier alpha value is -3.57. The maximum atomic E-state index is 11.3. The lowest BCUT2D eigenvalue weighted by Gasteiger charge is -2.29. The molecule has 1 aliphatic heterocycles. The summed E-state index contributed by atoms with van der Waals surface area (Å²) in [7, 11) is 0. The van der Waals surface area contributed by atoms with Crippen molar-refractivity contribution in [2.24, 2.45) is 0 Å². The molecule has 0 bridgehead atoms. The van der Waals surface area contributed by atoms with Crippen LogP contribution in [-0.4, -0.2) is 58.9 Å². The van der Waals surface area contributed by atoms with Gasteiger partial charge in [0.25, 0.3) is 0 Å². The number of nitrogens with zero attached hydrogens (tertiary/aromatic N) is 6. The van der Waals surface area contributed by atoms with E-state index in [-0.39, 0.29) is 11.3 Å². The minimum atomic E-state index is -0.524. The number of benzene rings is 1. The Kier molecular flexibility index (Phi) is 7.08. The first-order chi connectivity index (χ1) is 20.0. The van der Waals surface area contributed by atoms with Crippen LogP contribution in [0.5, 0.6) is 0 Å². The first-order valence-corrected chi connectivity index (χ1v) is 15.2. The molecule has 1 saturated heterocycles. The molecule has 210 valence electrons. The number of thiazole rings is 1. The third-order valence-electron chi connectivity index (χ3n) is 8.31. The molecule has 0 spiro atoms. The van der Waals surface area contributed by atoms with Gasteiger partial charge >= 0.3 is 0 Å². The van der Waals surface area contributed by atoms with Crippen LogP contribution in [0.1, 0.15) is 48.7 Å². The van der Waals surface area contributed by atoms with E-state index in [1.807, 2.05) is 30.5 Å². The monoisotopic (exact) mass is 586 g/mol. The second-order valence-corrected chi connectivity index (χ2v) is 12.1. The molecule has 4 N–H and O–H groups in total. The summed E-state index contributed by atoms with van der Waals surface area (Å²) in [6.45, 7) is 2.89. The molecule has 9 nitrogen and oxygen atoms in total. The molecule has 41 heavy (non-hydrogen) atoms. The highest BCUT2D eigenvalue weighted by Crippen LogP contribution is 2.43. The molecule has 2 atom stereocenters. The van der Waals surface area contributed by atoms with E-state index in [1.54, 1.807) is 17.5 Å². The summed E-state index contributed by atoms with van der Waals surface area (Å²) < 4.78 is 2.05. The Morgan fingerprint density at radius 3 is 2.66 bits per heavy atom. The van der Waals surface area contributed by atoms with Gasteiger partial charge < -0.3 is 15.4 Å². The van der Waals surface area contributed by atoms with Gasteiger partial charge in [-0.25, -0.2) is 9.97 Å². The molecule has 7 rings (SSSR count). The van der Waals surface area contributed by atoms with Gasteiger partial charge in [0.2, 0.25) is 5.28 Å². The summed E-state index contributed by atoms with van der Waals surface area (Å²) in [5.74, 6) is 0.323. The van der Waals surface area contributed by atoms with Gasteiger partial charge in [-0.2, -0.15) is 10.1 Å². The highest BCUT2D eigenvalue weighted by Gasteiger charge is 2.35. The lowest BCUT2D eigenvalue weighted by Crippen LogP contribution is -2.30. The first-order valence-electron chi connectivity index (χ1n) is 13.9. The molecule has 11 heteroatoms. The fourth-order valence-corrected chi connectivity index (χ4v) is 7.27. The topological polar surface area (TPSA) is 122 Å². The summed E-state index contributed by atoms with van der Waals surface area (Å²) in [6.07, 6.45) is 7.55. The number of nitrogens with one attached hydrogen (secondary N) is 1. The van der Waals surface area contributed by atoms with Crippen LogP contribution in [-0.2, 0) is 13.0 Å². The Morgan fingerprint density at radius 1 is 1.05 bits per heavy atom. The predicted molar refractivity (Wildman–Crippen MR) is 162 cm³/mol. The molecule has 1 aromatic carbocycles. The molecule has 0 amide bonds. The molecule has 2 aliphatic rings. The van der Waals surface area contributed by atoms with Crippen molar-refractivity contribution in [1.29, 1.82) is 0 Å². The average molecular weight is 587 g/mol. The minimum absolute atomic E-state index is 0.0977.